The number of likely N-dealkylation sites (tertiary alicyclic amines) is 1. The first kappa shape index (κ1) is 15.4. The van der Waals surface area contributed by atoms with Gasteiger partial charge in [0.1, 0.15) is 5.75 Å². The molecule has 2 heteroatoms. The van der Waals surface area contributed by atoms with Gasteiger partial charge in [-0.2, -0.15) is 0 Å². The lowest BCUT2D eigenvalue weighted by Gasteiger charge is -2.32. The van der Waals surface area contributed by atoms with Crippen LogP contribution in [-0.4, -0.2) is 26.2 Å². The van der Waals surface area contributed by atoms with E-state index in [0.717, 1.165) is 37.0 Å². The van der Waals surface area contributed by atoms with Crippen LogP contribution in [0.4, 0.5) is 0 Å². The number of ether oxygens (including phenoxy) is 1. The summed E-state index contributed by atoms with van der Waals surface area (Å²) in [5.74, 6) is 2.84. The van der Waals surface area contributed by atoms with Crippen LogP contribution in [0.15, 0.2) is 24.3 Å². The van der Waals surface area contributed by atoms with Gasteiger partial charge in [0.25, 0.3) is 0 Å². The van der Waals surface area contributed by atoms with Gasteiger partial charge in [-0.1, -0.05) is 39.0 Å². The number of rotatable bonds is 6. The van der Waals surface area contributed by atoms with E-state index in [-0.39, 0.29) is 0 Å². The van der Waals surface area contributed by atoms with Gasteiger partial charge in [-0.15, -0.1) is 0 Å². The van der Waals surface area contributed by atoms with E-state index in [1.54, 1.807) is 4.90 Å². The van der Waals surface area contributed by atoms with Gasteiger partial charge in [0.05, 0.1) is 26.2 Å². The van der Waals surface area contributed by atoms with Crippen LogP contribution in [0, 0.1) is 11.8 Å². The number of hydrogen-bond donors (Lipinski definition) is 1. The fourth-order valence-corrected chi connectivity index (χ4v) is 3.57. The van der Waals surface area contributed by atoms with Crippen LogP contribution < -0.4 is 9.64 Å². The summed E-state index contributed by atoms with van der Waals surface area (Å²) in [5.41, 5.74) is 1.32. The summed E-state index contributed by atoms with van der Waals surface area (Å²) in [4.78, 5) is 1.77. The molecule has 0 aromatic heterocycles. The molecule has 20 heavy (non-hydrogen) atoms. The molecule has 1 N–H and O–H groups in total. The minimum atomic E-state index is 0.850. The molecule has 1 aromatic carbocycles. The molecule has 1 aliphatic heterocycles. The Hall–Kier alpha value is -1.02. The van der Waals surface area contributed by atoms with Crippen molar-refractivity contribution in [3.8, 4) is 5.75 Å². The minimum absolute atomic E-state index is 0.850. The maximum absolute atomic E-state index is 5.96. The summed E-state index contributed by atoms with van der Waals surface area (Å²) < 4.78 is 5.96. The highest BCUT2D eigenvalue weighted by atomic mass is 16.5. The van der Waals surface area contributed by atoms with Crippen molar-refractivity contribution in [1.82, 2.24) is 0 Å². The topological polar surface area (TPSA) is 13.7 Å². The van der Waals surface area contributed by atoms with Crippen LogP contribution in [0.5, 0.6) is 5.75 Å². The Labute approximate surface area is 124 Å². The van der Waals surface area contributed by atoms with Crippen molar-refractivity contribution in [1.29, 1.82) is 0 Å². The molecule has 2 nitrogen and oxygen atoms in total. The van der Waals surface area contributed by atoms with Gasteiger partial charge in [0.15, 0.2) is 0 Å². The summed E-state index contributed by atoms with van der Waals surface area (Å²) >= 11 is 0. The van der Waals surface area contributed by atoms with E-state index in [2.05, 4.69) is 45.0 Å². The van der Waals surface area contributed by atoms with Crippen molar-refractivity contribution in [3.05, 3.63) is 29.8 Å². The Kier molecular flexibility index (Phi) is 5.90. The molecule has 1 heterocycles. The Morgan fingerprint density at radius 1 is 1.15 bits per heavy atom. The fraction of sp³-hybridized carbons (Fsp3) is 0.667. The van der Waals surface area contributed by atoms with Gasteiger partial charge in [0.2, 0.25) is 0 Å². The average molecular weight is 276 g/mol. The first-order valence-corrected chi connectivity index (χ1v) is 8.23. The monoisotopic (exact) mass is 276 g/mol. The zero-order chi connectivity index (χ0) is 14.4. The van der Waals surface area contributed by atoms with E-state index in [1.807, 2.05) is 0 Å². The fourth-order valence-electron chi connectivity index (χ4n) is 3.57. The number of nitrogens with one attached hydrogen (secondary N) is 1. The second-order valence-electron chi connectivity index (χ2n) is 6.52. The molecule has 2 atom stereocenters. The average Bonchev–Trinajstić information content (AvgIpc) is 2.43. The third kappa shape index (κ3) is 4.52. The lowest BCUT2D eigenvalue weighted by molar-refractivity contribution is -0.912. The normalized spacial score (nSPS) is 26.4. The molecule has 0 aliphatic carbocycles. The Morgan fingerprint density at radius 2 is 1.85 bits per heavy atom. The van der Waals surface area contributed by atoms with E-state index < -0.39 is 0 Å². The van der Waals surface area contributed by atoms with E-state index in [1.165, 1.54) is 31.6 Å². The standard InChI is InChI=1S/C18H29NO/c1-4-17-8-5-6-9-18(17)20-11-7-10-19-13-15(2)12-16(3)14-19/h5-6,8-9,15-16H,4,7,10-14H2,1-3H3/p+1/t15-,16-/m1/s1. The zero-order valence-corrected chi connectivity index (χ0v) is 13.3. The first-order valence-electron chi connectivity index (χ1n) is 8.23. The van der Waals surface area contributed by atoms with Crippen LogP contribution in [0.3, 0.4) is 0 Å². The second kappa shape index (κ2) is 7.68. The maximum atomic E-state index is 5.96. The van der Waals surface area contributed by atoms with Crippen LogP contribution in [0.25, 0.3) is 0 Å². The summed E-state index contributed by atoms with van der Waals surface area (Å²) in [5, 5.41) is 0. The van der Waals surface area contributed by atoms with Crippen molar-refractivity contribution in [2.45, 2.75) is 40.0 Å². The smallest absolute Gasteiger partial charge is 0.122 e. The number of hydrogen-bond acceptors (Lipinski definition) is 1. The highest BCUT2D eigenvalue weighted by molar-refractivity contribution is 5.33. The minimum Gasteiger partial charge on any atom is -0.493 e. The lowest BCUT2D eigenvalue weighted by Crippen LogP contribution is -3.14. The van der Waals surface area contributed by atoms with E-state index in [0.29, 0.717) is 0 Å². The quantitative estimate of drug-likeness (QED) is 0.789. The Balaban J connectivity index is 1.71. The molecule has 1 saturated heterocycles. The Morgan fingerprint density at radius 3 is 2.55 bits per heavy atom. The van der Waals surface area contributed by atoms with Gasteiger partial charge in [-0.05, 0) is 24.5 Å². The maximum Gasteiger partial charge on any atom is 0.122 e. The van der Waals surface area contributed by atoms with Crippen LogP contribution in [0.1, 0.15) is 39.2 Å². The van der Waals surface area contributed by atoms with E-state index in [9.17, 15) is 0 Å². The summed E-state index contributed by atoms with van der Waals surface area (Å²) in [6.07, 6.45) is 3.61. The predicted octanol–water partition coefficient (Wildman–Crippen LogP) is 2.58. The van der Waals surface area contributed by atoms with Crippen LogP contribution in [-0.2, 0) is 6.42 Å². The summed E-state index contributed by atoms with van der Waals surface area (Å²) in [7, 11) is 0. The van der Waals surface area contributed by atoms with E-state index in [4.69, 9.17) is 4.74 Å². The van der Waals surface area contributed by atoms with Gasteiger partial charge in [0, 0.05) is 18.3 Å². The molecule has 0 radical (unpaired) electrons. The largest absolute Gasteiger partial charge is 0.493 e. The molecule has 0 amide bonds. The van der Waals surface area contributed by atoms with E-state index >= 15 is 0 Å². The number of para-hydroxylation sites is 1. The van der Waals surface area contributed by atoms with Gasteiger partial charge >= 0.3 is 0 Å². The van der Waals surface area contributed by atoms with Crippen molar-refractivity contribution in [2.75, 3.05) is 26.2 Å². The SMILES string of the molecule is CCc1ccccc1OCCC[NH+]1C[C@H](C)C[C@@H](C)C1. The van der Waals surface area contributed by atoms with Crippen molar-refractivity contribution in [2.24, 2.45) is 11.8 Å². The number of benzene rings is 1. The number of piperidine rings is 1. The molecule has 2 rings (SSSR count). The third-order valence-corrected chi connectivity index (χ3v) is 4.36. The highest BCUT2D eigenvalue weighted by Gasteiger charge is 2.24. The van der Waals surface area contributed by atoms with Crippen molar-refractivity contribution < 1.29 is 9.64 Å². The van der Waals surface area contributed by atoms with Crippen molar-refractivity contribution in [3.63, 3.8) is 0 Å². The van der Waals surface area contributed by atoms with Crippen LogP contribution >= 0.6 is 0 Å². The Bertz CT molecular complexity index is 394. The molecule has 0 saturated carbocycles. The molecule has 112 valence electrons. The highest BCUT2D eigenvalue weighted by Crippen LogP contribution is 2.18. The van der Waals surface area contributed by atoms with Gasteiger partial charge < -0.3 is 9.64 Å². The molecule has 0 unspecified atom stereocenters. The van der Waals surface area contributed by atoms with Gasteiger partial charge in [-0.3, -0.25) is 0 Å². The molecule has 0 spiro atoms. The first-order chi connectivity index (χ1) is 9.69. The molecule has 1 aliphatic rings. The molecule has 0 bridgehead atoms. The third-order valence-electron chi connectivity index (χ3n) is 4.36. The molecular formula is C18H30NO+. The molecule has 1 fully saturated rings. The predicted molar refractivity (Wildman–Crippen MR) is 84.4 cm³/mol. The van der Waals surface area contributed by atoms with Gasteiger partial charge in [-0.25, -0.2) is 0 Å². The number of aryl methyl sites for hydroxylation is 1. The van der Waals surface area contributed by atoms with Crippen LogP contribution in [0.2, 0.25) is 0 Å². The summed E-state index contributed by atoms with van der Waals surface area (Å²) in [6, 6.07) is 8.41. The van der Waals surface area contributed by atoms with Crippen molar-refractivity contribution >= 4 is 0 Å². The lowest BCUT2D eigenvalue weighted by atomic mass is 9.92. The second-order valence-corrected chi connectivity index (χ2v) is 6.52. The zero-order valence-electron chi connectivity index (χ0n) is 13.3. The molecule has 1 aromatic rings. The summed E-state index contributed by atoms with van der Waals surface area (Å²) in [6.45, 7) is 11.8. The molecular weight excluding hydrogens is 246 g/mol. The number of quaternary nitrogens is 1.